The van der Waals surface area contributed by atoms with E-state index in [1.807, 2.05) is 47.0 Å². The first-order valence-electron chi connectivity index (χ1n) is 17.9. The van der Waals surface area contributed by atoms with Crippen LogP contribution in [0, 0.1) is 0 Å². The lowest BCUT2D eigenvalue weighted by atomic mass is 9.91. The summed E-state index contributed by atoms with van der Waals surface area (Å²) >= 11 is 7.65. The number of imidazole rings is 1. The van der Waals surface area contributed by atoms with Gasteiger partial charge in [-0.3, -0.25) is 0 Å². The van der Waals surface area contributed by atoms with E-state index >= 15 is 0 Å². The second kappa shape index (κ2) is 18.4. The molecule has 2 aromatic heterocycles. The molecule has 4 heterocycles. The molecule has 1 aliphatic carbocycles. The van der Waals surface area contributed by atoms with Crippen molar-refractivity contribution < 1.29 is 4.57 Å². The van der Waals surface area contributed by atoms with E-state index in [0.717, 1.165) is 121 Å². The Morgan fingerprint density at radius 1 is 0.735 bits per heavy atom. The Labute approximate surface area is 309 Å². The van der Waals surface area contributed by atoms with Gasteiger partial charge in [0.2, 0.25) is 5.82 Å². The Hall–Kier alpha value is -2.15. The molecule has 264 valence electrons. The van der Waals surface area contributed by atoms with Gasteiger partial charge in [0.25, 0.3) is 5.49 Å². The standard InChI is InChI=1S/C37H53N8S4/c1-46-24-10-20-42-32(43(21-11-25-47-2)35-34(42)38-28-14-5-6-15-29(28)39-35)18-9-19-33-44(22-12-26-48-3)36-37(45(33)23-13-27-49-4)41-31-17-8-7-16-30(31)40-36/h5-6,9,14-15,18-19,30-31H,7-8,10-13,16-17,20-27H2,1-4H3/q+1. The number of aromatic nitrogens is 4. The van der Waals surface area contributed by atoms with Crippen molar-refractivity contribution in [3.8, 4) is 0 Å². The van der Waals surface area contributed by atoms with Gasteiger partial charge in [0.05, 0.1) is 30.2 Å². The number of thioether (sulfide) groups is 4. The number of allylic oxidation sites excluding steroid dienone is 2. The van der Waals surface area contributed by atoms with Gasteiger partial charge in [-0.25, -0.2) is 24.1 Å². The normalized spacial score (nSPS) is 18.5. The Bertz CT molecular complexity index is 1620. The molecule has 2 unspecified atom stereocenters. The van der Waals surface area contributed by atoms with E-state index in [1.165, 1.54) is 24.5 Å². The molecule has 0 amide bonds. The summed E-state index contributed by atoms with van der Waals surface area (Å²) in [6.45, 7) is 3.74. The molecule has 0 radical (unpaired) electrons. The first kappa shape index (κ1) is 36.6. The average molecular weight is 738 g/mol. The molecule has 1 fully saturated rings. The van der Waals surface area contributed by atoms with Crippen molar-refractivity contribution in [2.45, 2.75) is 76.5 Å². The first-order valence-corrected chi connectivity index (χ1v) is 23.5. The number of hydrogen-bond acceptors (Lipinski definition) is 10. The van der Waals surface area contributed by atoms with Gasteiger partial charge in [-0.05, 0) is 111 Å². The number of hydrogen-bond donors (Lipinski definition) is 0. The largest absolute Gasteiger partial charge is 0.317 e. The lowest BCUT2D eigenvalue weighted by Gasteiger charge is -2.24. The van der Waals surface area contributed by atoms with Crippen LogP contribution in [0.5, 0.6) is 0 Å². The van der Waals surface area contributed by atoms with Crippen LogP contribution >= 0.6 is 47.0 Å². The summed E-state index contributed by atoms with van der Waals surface area (Å²) in [6.07, 6.45) is 24.9. The second-order valence-electron chi connectivity index (χ2n) is 12.9. The van der Waals surface area contributed by atoms with Crippen molar-refractivity contribution in [2.24, 2.45) is 9.98 Å². The summed E-state index contributed by atoms with van der Waals surface area (Å²) in [5, 5.41) is 0. The van der Waals surface area contributed by atoms with Crippen LogP contribution in [0.4, 0.5) is 11.6 Å². The monoisotopic (exact) mass is 737 g/mol. The molecule has 0 N–H and O–H groups in total. The van der Waals surface area contributed by atoms with E-state index in [4.69, 9.17) is 20.0 Å². The summed E-state index contributed by atoms with van der Waals surface area (Å²) < 4.78 is 4.97. The molecule has 0 spiro atoms. The highest BCUT2D eigenvalue weighted by atomic mass is 32.2. The zero-order chi connectivity index (χ0) is 34.0. The minimum absolute atomic E-state index is 0.325. The number of anilines is 2. The molecule has 2 atom stereocenters. The maximum atomic E-state index is 5.45. The summed E-state index contributed by atoms with van der Waals surface area (Å²) in [4.78, 5) is 26.2. The smallest absolute Gasteiger partial charge is 0.309 e. The zero-order valence-electron chi connectivity index (χ0n) is 29.7. The van der Waals surface area contributed by atoms with Crippen LogP contribution in [0.3, 0.4) is 0 Å². The molecule has 8 nitrogen and oxygen atoms in total. The van der Waals surface area contributed by atoms with E-state index in [-0.39, 0.29) is 0 Å². The number of benzene rings is 1. The van der Waals surface area contributed by atoms with Gasteiger partial charge in [0, 0.05) is 19.2 Å². The van der Waals surface area contributed by atoms with Crippen molar-refractivity contribution >= 4 is 75.8 Å². The molecule has 6 rings (SSSR count). The van der Waals surface area contributed by atoms with Crippen LogP contribution in [-0.4, -0.2) is 87.7 Å². The molecule has 12 heteroatoms. The zero-order valence-corrected chi connectivity index (χ0v) is 33.0. The molecule has 3 aliphatic rings. The fourth-order valence-electron chi connectivity index (χ4n) is 7.20. The highest BCUT2D eigenvalue weighted by molar-refractivity contribution is 7.99. The van der Waals surface area contributed by atoms with Gasteiger partial charge in [-0.1, -0.05) is 24.6 Å². The molecular formula is C37H53N8S4+. The van der Waals surface area contributed by atoms with E-state index in [1.54, 1.807) is 0 Å². The van der Waals surface area contributed by atoms with Gasteiger partial charge < -0.3 is 9.80 Å². The summed E-state index contributed by atoms with van der Waals surface area (Å²) in [7, 11) is 0. The Kier molecular flexibility index (Phi) is 13.7. The Balaban J connectivity index is 1.44. The van der Waals surface area contributed by atoms with E-state index in [0.29, 0.717) is 12.1 Å². The average Bonchev–Trinajstić information content (AvgIpc) is 3.56. The summed E-state index contributed by atoms with van der Waals surface area (Å²) in [6, 6.07) is 8.93. The lowest BCUT2D eigenvalue weighted by molar-refractivity contribution is -0.713. The van der Waals surface area contributed by atoms with Crippen LogP contribution in [0.1, 0.15) is 57.2 Å². The van der Waals surface area contributed by atoms with Crippen molar-refractivity contribution in [1.29, 1.82) is 0 Å². The maximum absolute atomic E-state index is 5.45. The van der Waals surface area contributed by atoms with E-state index in [2.05, 4.69) is 86.5 Å². The SMILES string of the molecule is CSCCCN1C(=C/C=C/c2n(CCCSC)c3c([n+]2CCCSC)=NC2CCCCC2N=3)N(CCCSC)c2nc3ccccc3nc21. The molecule has 49 heavy (non-hydrogen) atoms. The summed E-state index contributed by atoms with van der Waals surface area (Å²) in [5.41, 5.74) is 4.10. The highest BCUT2D eigenvalue weighted by Crippen LogP contribution is 2.40. The van der Waals surface area contributed by atoms with E-state index in [9.17, 15) is 0 Å². The van der Waals surface area contributed by atoms with Crippen LogP contribution < -0.4 is 25.3 Å². The third kappa shape index (κ3) is 8.50. The summed E-state index contributed by atoms with van der Waals surface area (Å²) in [5.74, 6) is 8.85. The number of para-hydroxylation sites is 2. The molecule has 0 bridgehead atoms. The Morgan fingerprint density at radius 2 is 1.29 bits per heavy atom. The van der Waals surface area contributed by atoms with Gasteiger partial charge in [0.1, 0.15) is 11.9 Å². The maximum Gasteiger partial charge on any atom is 0.317 e. The topological polar surface area (TPSA) is 65.8 Å². The molecule has 1 aromatic carbocycles. The van der Waals surface area contributed by atoms with Gasteiger partial charge in [-0.2, -0.15) is 47.0 Å². The van der Waals surface area contributed by atoms with Gasteiger partial charge in [0.15, 0.2) is 11.6 Å². The third-order valence-electron chi connectivity index (χ3n) is 9.54. The lowest BCUT2D eigenvalue weighted by Crippen LogP contribution is -2.57. The fourth-order valence-corrected chi connectivity index (χ4v) is 8.87. The minimum Gasteiger partial charge on any atom is -0.309 e. The van der Waals surface area contributed by atoms with Gasteiger partial charge in [-0.15, -0.1) is 4.99 Å². The predicted molar refractivity (Wildman–Crippen MR) is 216 cm³/mol. The molecule has 1 saturated carbocycles. The van der Waals surface area contributed by atoms with Crippen molar-refractivity contribution in [2.75, 3.05) is 70.9 Å². The molecule has 3 aromatic rings. The molecular weight excluding hydrogens is 685 g/mol. The van der Waals surface area contributed by atoms with Crippen molar-refractivity contribution in [3.63, 3.8) is 0 Å². The Morgan fingerprint density at radius 3 is 1.88 bits per heavy atom. The molecule has 0 saturated heterocycles. The number of nitrogens with zero attached hydrogens (tertiary/aromatic N) is 8. The highest BCUT2D eigenvalue weighted by Gasteiger charge is 2.35. The second-order valence-corrected chi connectivity index (χ2v) is 16.9. The van der Waals surface area contributed by atoms with Crippen LogP contribution in [0.25, 0.3) is 17.1 Å². The van der Waals surface area contributed by atoms with Crippen LogP contribution in [0.2, 0.25) is 0 Å². The quantitative estimate of drug-likeness (QED) is 0.109. The van der Waals surface area contributed by atoms with Crippen LogP contribution in [0.15, 0.2) is 52.2 Å². The first-order chi connectivity index (χ1) is 24.2. The van der Waals surface area contributed by atoms with Crippen LogP contribution in [-0.2, 0) is 13.1 Å². The van der Waals surface area contributed by atoms with Crippen molar-refractivity contribution in [3.05, 3.63) is 59.0 Å². The fraction of sp³-hybridized carbons (Fsp3) is 0.595. The number of fused-ring (bicyclic) bond motifs is 4. The van der Waals surface area contributed by atoms with E-state index < -0.39 is 0 Å². The number of rotatable bonds is 18. The predicted octanol–water partition coefficient (Wildman–Crippen LogP) is 6.48. The third-order valence-corrected chi connectivity index (χ3v) is 12.3. The minimum atomic E-state index is 0.325. The van der Waals surface area contributed by atoms with Gasteiger partial charge >= 0.3 is 5.49 Å². The van der Waals surface area contributed by atoms with Crippen molar-refractivity contribution in [1.82, 2.24) is 14.5 Å². The molecule has 2 aliphatic heterocycles.